The van der Waals surface area contributed by atoms with Crippen LogP contribution in [0.25, 0.3) is 6.08 Å². The molecule has 0 N–H and O–H groups in total. The SMILES string of the molecule is O=C(C=Cc1ccc(S(=O)(=O)N2CCCCCC2)cc1)OCc1cccc([N+](=O)[O-])c1. The van der Waals surface area contributed by atoms with Crippen molar-refractivity contribution < 1.29 is 22.9 Å². The predicted octanol–water partition coefficient (Wildman–Crippen LogP) is 3.92. The maximum atomic E-state index is 12.8. The van der Waals surface area contributed by atoms with Crippen molar-refractivity contribution in [2.24, 2.45) is 0 Å². The van der Waals surface area contributed by atoms with Crippen LogP contribution in [0.2, 0.25) is 0 Å². The topological polar surface area (TPSA) is 107 Å². The van der Waals surface area contributed by atoms with Gasteiger partial charge in [-0.05, 0) is 42.2 Å². The molecule has 31 heavy (non-hydrogen) atoms. The van der Waals surface area contributed by atoms with Gasteiger partial charge in [-0.25, -0.2) is 13.2 Å². The second-order valence-corrected chi connectivity index (χ2v) is 9.19. The number of sulfonamides is 1. The highest BCUT2D eigenvalue weighted by Gasteiger charge is 2.24. The fraction of sp³-hybridized carbons (Fsp3) is 0.318. The van der Waals surface area contributed by atoms with E-state index in [2.05, 4.69) is 0 Å². The first kappa shape index (κ1) is 22.6. The van der Waals surface area contributed by atoms with Crippen LogP contribution in [0.15, 0.2) is 59.5 Å². The van der Waals surface area contributed by atoms with Crippen LogP contribution in [0.3, 0.4) is 0 Å². The minimum absolute atomic E-state index is 0.0701. The van der Waals surface area contributed by atoms with Crippen molar-refractivity contribution in [3.05, 3.63) is 75.8 Å². The van der Waals surface area contributed by atoms with Crippen molar-refractivity contribution in [2.75, 3.05) is 13.1 Å². The number of carbonyl (C=O) groups is 1. The molecule has 0 bridgehead atoms. The van der Waals surface area contributed by atoms with Gasteiger partial charge >= 0.3 is 5.97 Å². The zero-order valence-electron chi connectivity index (χ0n) is 17.0. The Kier molecular flexibility index (Phi) is 7.54. The van der Waals surface area contributed by atoms with Gasteiger partial charge in [0.05, 0.1) is 9.82 Å². The van der Waals surface area contributed by atoms with E-state index in [0.717, 1.165) is 25.7 Å². The van der Waals surface area contributed by atoms with Gasteiger partial charge < -0.3 is 4.74 Å². The Balaban J connectivity index is 1.58. The normalized spacial score (nSPS) is 15.5. The van der Waals surface area contributed by atoms with E-state index >= 15 is 0 Å². The highest BCUT2D eigenvalue weighted by atomic mass is 32.2. The van der Waals surface area contributed by atoms with Gasteiger partial charge in [0.1, 0.15) is 6.61 Å². The van der Waals surface area contributed by atoms with Crippen LogP contribution in [0.5, 0.6) is 0 Å². The van der Waals surface area contributed by atoms with Crippen LogP contribution in [0, 0.1) is 10.1 Å². The van der Waals surface area contributed by atoms with Crippen LogP contribution in [0.1, 0.15) is 36.8 Å². The van der Waals surface area contributed by atoms with E-state index in [1.807, 2.05) is 0 Å². The highest BCUT2D eigenvalue weighted by Crippen LogP contribution is 2.21. The lowest BCUT2D eigenvalue weighted by Crippen LogP contribution is -2.31. The molecular weight excluding hydrogens is 420 g/mol. The molecule has 0 amide bonds. The molecule has 164 valence electrons. The Hall–Kier alpha value is -3.04. The van der Waals surface area contributed by atoms with Gasteiger partial charge in [0.15, 0.2) is 0 Å². The number of non-ortho nitro benzene ring substituents is 1. The summed E-state index contributed by atoms with van der Waals surface area (Å²) >= 11 is 0. The zero-order valence-corrected chi connectivity index (χ0v) is 17.8. The summed E-state index contributed by atoms with van der Waals surface area (Å²) in [6.45, 7) is 0.999. The quantitative estimate of drug-likeness (QED) is 0.277. The van der Waals surface area contributed by atoms with Gasteiger partial charge in [0, 0.05) is 31.3 Å². The Morgan fingerprint density at radius 1 is 1.06 bits per heavy atom. The van der Waals surface area contributed by atoms with E-state index in [1.165, 1.54) is 46.8 Å². The molecule has 1 aliphatic rings. The summed E-state index contributed by atoms with van der Waals surface area (Å²) in [5.74, 6) is -0.604. The minimum Gasteiger partial charge on any atom is -0.458 e. The number of nitrogens with zero attached hydrogens (tertiary/aromatic N) is 2. The Morgan fingerprint density at radius 3 is 2.39 bits per heavy atom. The lowest BCUT2D eigenvalue weighted by Gasteiger charge is -2.19. The van der Waals surface area contributed by atoms with Gasteiger partial charge in [-0.3, -0.25) is 10.1 Å². The van der Waals surface area contributed by atoms with Crippen LogP contribution < -0.4 is 0 Å². The average molecular weight is 445 g/mol. The lowest BCUT2D eigenvalue weighted by atomic mass is 10.2. The molecule has 0 aliphatic carbocycles. The van der Waals surface area contributed by atoms with Crippen molar-refractivity contribution in [1.82, 2.24) is 4.31 Å². The maximum Gasteiger partial charge on any atom is 0.331 e. The van der Waals surface area contributed by atoms with Crippen LogP contribution in [0.4, 0.5) is 5.69 Å². The Labute approximate surface area is 181 Å². The number of hydrogen-bond acceptors (Lipinski definition) is 6. The number of nitro benzene ring substituents is 1. The fourth-order valence-electron chi connectivity index (χ4n) is 3.31. The monoisotopic (exact) mass is 444 g/mol. The van der Waals surface area contributed by atoms with Gasteiger partial charge in [0.25, 0.3) is 5.69 Å². The number of rotatable bonds is 7. The molecule has 1 fully saturated rings. The standard InChI is InChI=1S/C22H24N2O6S/c25-22(30-17-19-6-5-7-20(16-19)24(26)27)13-10-18-8-11-21(12-9-18)31(28,29)23-14-3-1-2-4-15-23/h5-13,16H,1-4,14-15,17H2. The van der Waals surface area contributed by atoms with Crippen LogP contribution in [-0.2, 0) is 26.2 Å². The first-order chi connectivity index (χ1) is 14.9. The molecule has 8 nitrogen and oxygen atoms in total. The zero-order chi connectivity index (χ0) is 22.3. The third kappa shape index (κ3) is 6.22. The number of ether oxygens (including phenoxy) is 1. The lowest BCUT2D eigenvalue weighted by molar-refractivity contribution is -0.384. The minimum atomic E-state index is -3.51. The second kappa shape index (κ2) is 10.3. The van der Waals surface area contributed by atoms with Gasteiger partial charge in [-0.1, -0.05) is 37.1 Å². The van der Waals surface area contributed by atoms with Gasteiger partial charge in [0.2, 0.25) is 10.0 Å². The molecule has 1 saturated heterocycles. The summed E-state index contributed by atoms with van der Waals surface area (Å²) in [6, 6.07) is 12.2. The van der Waals surface area contributed by atoms with Gasteiger partial charge in [-0.2, -0.15) is 4.31 Å². The van der Waals surface area contributed by atoms with E-state index in [-0.39, 0.29) is 17.2 Å². The van der Waals surface area contributed by atoms with Crippen molar-refractivity contribution in [1.29, 1.82) is 0 Å². The summed E-state index contributed by atoms with van der Waals surface area (Å²) in [5.41, 5.74) is 1.10. The first-order valence-electron chi connectivity index (χ1n) is 10.0. The summed E-state index contributed by atoms with van der Waals surface area (Å²) in [7, 11) is -3.51. The second-order valence-electron chi connectivity index (χ2n) is 7.26. The number of esters is 1. The molecule has 9 heteroatoms. The van der Waals surface area contributed by atoms with E-state index in [1.54, 1.807) is 18.2 Å². The summed E-state index contributed by atoms with van der Waals surface area (Å²) in [4.78, 5) is 22.4. The Morgan fingerprint density at radius 2 is 1.74 bits per heavy atom. The van der Waals surface area contributed by atoms with Gasteiger partial charge in [-0.15, -0.1) is 0 Å². The molecule has 0 unspecified atom stereocenters. The fourth-order valence-corrected chi connectivity index (χ4v) is 4.83. The van der Waals surface area contributed by atoms with Crippen LogP contribution in [-0.4, -0.2) is 36.7 Å². The molecular formula is C22H24N2O6S. The molecule has 3 rings (SSSR count). The maximum absolute atomic E-state index is 12.8. The van der Waals surface area contributed by atoms with Crippen LogP contribution >= 0.6 is 0 Å². The average Bonchev–Trinajstić information content (AvgIpc) is 3.07. The van der Waals surface area contributed by atoms with Crippen molar-refractivity contribution >= 4 is 27.8 Å². The molecule has 2 aromatic carbocycles. The molecule has 1 heterocycles. The smallest absolute Gasteiger partial charge is 0.331 e. The van der Waals surface area contributed by atoms with E-state index in [0.29, 0.717) is 24.2 Å². The number of nitro groups is 1. The molecule has 1 aliphatic heterocycles. The first-order valence-corrected chi connectivity index (χ1v) is 11.5. The molecule has 0 atom stereocenters. The molecule has 2 aromatic rings. The van der Waals surface area contributed by atoms with Crippen molar-refractivity contribution in [3.63, 3.8) is 0 Å². The van der Waals surface area contributed by atoms with Crippen molar-refractivity contribution in [3.8, 4) is 0 Å². The van der Waals surface area contributed by atoms with Crippen molar-refractivity contribution in [2.45, 2.75) is 37.2 Å². The van der Waals surface area contributed by atoms with E-state index in [4.69, 9.17) is 4.74 Å². The highest BCUT2D eigenvalue weighted by molar-refractivity contribution is 7.89. The Bertz CT molecular complexity index is 1060. The number of carbonyl (C=O) groups excluding carboxylic acids is 1. The predicted molar refractivity (Wildman–Crippen MR) is 116 cm³/mol. The van der Waals surface area contributed by atoms with E-state index in [9.17, 15) is 23.3 Å². The largest absolute Gasteiger partial charge is 0.458 e. The number of hydrogen-bond donors (Lipinski definition) is 0. The molecule has 0 aromatic heterocycles. The third-order valence-electron chi connectivity index (χ3n) is 5.00. The molecule has 0 saturated carbocycles. The summed E-state index contributed by atoms with van der Waals surface area (Å²) < 4.78 is 32.2. The molecule has 0 radical (unpaired) electrons. The third-order valence-corrected chi connectivity index (χ3v) is 6.91. The van der Waals surface area contributed by atoms with E-state index < -0.39 is 20.9 Å². The molecule has 0 spiro atoms. The summed E-state index contributed by atoms with van der Waals surface area (Å²) in [6.07, 6.45) is 6.60. The summed E-state index contributed by atoms with van der Waals surface area (Å²) in [5, 5.41) is 10.8. The number of benzene rings is 2.